The van der Waals surface area contributed by atoms with Gasteiger partial charge in [-0.3, -0.25) is 15.3 Å². The highest BCUT2D eigenvalue weighted by atomic mass is 16.6. The van der Waals surface area contributed by atoms with E-state index in [2.05, 4.69) is 5.32 Å². The molecule has 0 aliphatic rings. The SMILES string of the molecule is CCO[C@@H](CC/C=C/C(=O)NO)[C@@H](OC(=O)Nc1cccc2ccccc12)c1ccc(O)cc1. The third-order valence-corrected chi connectivity index (χ3v) is 5.20. The van der Waals surface area contributed by atoms with Gasteiger partial charge in [-0.05, 0) is 48.9 Å². The Hall–Kier alpha value is -3.88. The summed E-state index contributed by atoms with van der Waals surface area (Å²) in [6.07, 6.45) is 1.77. The average Bonchev–Trinajstić information content (AvgIpc) is 2.85. The Bertz CT molecular complexity index is 1120. The molecule has 0 aromatic heterocycles. The molecule has 2 atom stereocenters. The molecule has 0 fully saturated rings. The predicted octanol–water partition coefficient (Wildman–Crippen LogP) is 5.08. The van der Waals surface area contributed by atoms with E-state index in [1.807, 2.05) is 43.3 Å². The van der Waals surface area contributed by atoms with Crippen LogP contribution in [0.15, 0.2) is 78.9 Å². The van der Waals surface area contributed by atoms with Gasteiger partial charge in [0.1, 0.15) is 5.75 Å². The molecule has 3 aromatic carbocycles. The van der Waals surface area contributed by atoms with E-state index < -0.39 is 24.2 Å². The van der Waals surface area contributed by atoms with Crippen LogP contribution in [-0.4, -0.2) is 35.0 Å². The first kappa shape index (κ1) is 24.8. The summed E-state index contributed by atoms with van der Waals surface area (Å²) in [4.78, 5) is 24.1. The van der Waals surface area contributed by atoms with Crippen LogP contribution in [0, 0.1) is 0 Å². The van der Waals surface area contributed by atoms with Crippen LogP contribution in [0.1, 0.15) is 31.4 Å². The minimum Gasteiger partial charge on any atom is -0.508 e. The second-order valence-corrected chi connectivity index (χ2v) is 7.52. The van der Waals surface area contributed by atoms with Crippen molar-refractivity contribution in [3.8, 4) is 5.75 Å². The highest BCUT2D eigenvalue weighted by Crippen LogP contribution is 2.30. The van der Waals surface area contributed by atoms with E-state index in [1.165, 1.54) is 23.7 Å². The smallest absolute Gasteiger partial charge is 0.412 e. The summed E-state index contributed by atoms with van der Waals surface area (Å²) < 4.78 is 11.7. The van der Waals surface area contributed by atoms with Gasteiger partial charge in [0.25, 0.3) is 5.91 Å². The first-order chi connectivity index (χ1) is 16.5. The molecule has 0 unspecified atom stereocenters. The molecule has 0 saturated carbocycles. The molecule has 0 aliphatic heterocycles. The maximum atomic E-state index is 12.9. The molecule has 4 N–H and O–H groups in total. The number of allylic oxidation sites excluding steroid dienone is 1. The Labute approximate surface area is 197 Å². The van der Waals surface area contributed by atoms with Crippen LogP contribution in [0.25, 0.3) is 10.8 Å². The number of amides is 2. The van der Waals surface area contributed by atoms with E-state index in [9.17, 15) is 14.7 Å². The molecule has 8 heteroatoms. The molecule has 0 spiro atoms. The maximum absolute atomic E-state index is 12.9. The van der Waals surface area contributed by atoms with Gasteiger partial charge in [-0.25, -0.2) is 10.3 Å². The van der Waals surface area contributed by atoms with Crippen molar-refractivity contribution in [1.29, 1.82) is 0 Å². The maximum Gasteiger partial charge on any atom is 0.412 e. The van der Waals surface area contributed by atoms with E-state index in [0.717, 1.165) is 10.8 Å². The van der Waals surface area contributed by atoms with Gasteiger partial charge in [0.2, 0.25) is 0 Å². The highest BCUT2D eigenvalue weighted by molar-refractivity contribution is 6.00. The first-order valence-corrected chi connectivity index (χ1v) is 11.0. The standard InChI is InChI=1S/C26H28N2O6/c1-2-33-23(12-5-6-13-24(30)28-32)25(19-14-16-20(29)17-15-19)34-26(31)27-22-11-7-9-18-8-3-4-10-21(18)22/h3-4,6-11,13-17,23,25,29,32H,2,5,12H2,1H3,(H,27,31)(H,28,30)/b13-6+/t23-,25-/m0/s1. The number of rotatable bonds is 10. The summed E-state index contributed by atoms with van der Waals surface area (Å²) in [5.74, 6) is -0.539. The second kappa shape index (κ2) is 12.4. The van der Waals surface area contributed by atoms with Crippen LogP contribution in [0.3, 0.4) is 0 Å². The van der Waals surface area contributed by atoms with Crippen molar-refractivity contribution in [2.45, 2.75) is 32.0 Å². The van der Waals surface area contributed by atoms with E-state index >= 15 is 0 Å². The molecule has 0 saturated heterocycles. The fraction of sp³-hybridized carbons (Fsp3) is 0.231. The van der Waals surface area contributed by atoms with Crippen LogP contribution >= 0.6 is 0 Å². The largest absolute Gasteiger partial charge is 0.508 e. The number of hydroxylamine groups is 1. The molecular weight excluding hydrogens is 436 g/mol. The van der Waals surface area contributed by atoms with Crippen LogP contribution < -0.4 is 10.8 Å². The quantitative estimate of drug-likeness (QED) is 0.189. The number of carbonyl (C=O) groups is 2. The molecule has 8 nitrogen and oxygen atoms in total. The summed E-state index contributed by atoms with van der Waals surface area (Å²) >= 11 is 0. The first-order valence-electron chi connectivity index (χ1n) is 11.0. The number of hydrogen-bond acceptors (Lipinski definition) is 6. The zero-order valence-electron chi connectivity index (χ0n) is 18.8. The Kier molecular flexibility index (Phi) is 9.02. The molecule has 0 bridgehead atoms. The van der Waals surface area contributed by atoms with Crippen molar-refractivity contribution in [3.05, 3.63) is 84.4 Å². The van der Waals surface area contributed by atoms with Crippen molar-refractivity contribution in [3.63, 3.8) is 0 Å². The molecule has 0 aliphatic carbocycles. The Morgan fingerprint density at radius 1 is 1.03 bits per heavy atom. The summed E-state index contributed by atoms with van der Waals surface area (Å²) in [7, 11) is 0. The predicted molar refractivity (Wildman–Crippen MR) is 129 cm³/mol. The van der Waals surface area contributed by atoms with Gasteiger partial charge >= 0.3 is 6.09 Å². The lowest BCUT2D eigenvalue weighted by Gasteiger charge is -2.27. The van der Waals surface area contributed by atoms with Crippen LogP contribution in [0.4, 0.5) is 10.5 Å². The minimum atomic E-state index is -0.768. The monoisotopic (exact) mass is 464 g/mol. The van der Waals surface area contributed by atoms with Gasteiger partial charge in [0.15, 0.2) is 6.10 Å². The van der Waals surface area contributed by atoms with Gasteiger partial charge in [-0.2, -0.15) is 0 Å². The number of aromatic hydroxyl groups is 1. The molecular formula is C26H28N2O6. The zero-order valence-corrected chi connectivity index (χ0v) is 18.8. The van der Waals surface area contributed by atoms with Crippen LogP contribution in [0.5, 0.6) is 5.75 Å². The van der Waals surface area contributed by atoms with Crippen molar-refractivity contribution in [1.82, 2.24) is 5.48 Å². The Balaban J connectivity index is 1.81. The summed E-state index contributed by atoms with van der Waals surface area (Å²) in [6.45, 7) is 2.22. The Morgan fingerprint density at radius 2 is 1.76 bits per heavy atom. The van der Waals surface area contributed by atoms with Gasteiger partial charge in [0, 0.05) is 18.1 Å². The molecule has 0 radical (unpaired) electrons. The lowest BCUT2D eigenvalue weighted by molar-refractivity contribution is -0.124. The third kappa shape index (κ3) is 6.81. The van der Waals surface area contributed by atoms with Crippen molar-refractivity contribution >= 4 is 28.5 Å². The number of nitrogens with one attached hydrogen (secondary N) is 2. The summed E-state index contributed by atoms with van der Waals surface area (Å²) in [6, 6.07) is 19.7. The number of phenols is 1. The van der Waals surface area contributed by atoms with Gasteiger partial charge in [0.05, 0.1) is 11.8 Å². The fourth-order valence-corrected chi connectivity index (χ4v) is 3.64. The van der Waals surface area contributed by atoms with E-state index in [4.69, 9.17) is 14.7 Å². The third-order valence-electron chi connectivity index (χ3n) is 5.20. The lowest BCUT2D eigenvalue weighted by atomic mass is 10.00. The van der Waals surface area contributed by atoms with Gasteiger partial charge in [-0.1, -0.05) is 54.6 Å². The molecule has 3 aromatic rings. The fourth-order valence-electron chi connectivity index (χ4n) is 3.64. The number of hydrogen-bond donors (Lipinski definition) is 4. The second-order valence-electron chi connectivity index (χ2n) is 7.52. The molecule has 2 amide bonds. The molecule has 0 heterocycles. The molecule has 178 valence electrons. The number of ether oxygens (including phenoxy) is 2. The van der Waals surface area contributed by atoms with E-state index in [-0.39, 0.29) is 5.75 Å². The van der Waals surface area contributed by atoms with E-state index in [1.54, 1.807) is 24.3 Å². The zero-order chi connectivity index (χ0) is 24.3. The van der Waals surface area contributed by atoms with Crippen molar-refractivity contribution in [2.75, 3.05) is 11.9 Å². The molecule has 34 heavy (non-hydrogen) atoms. The summed E-state index contributed by atoms with van der Waals surface area (Å²) in [5, 5.41) is 23.0. The number of phenolic OH excluding ortho intramolecular Hbond substituents is 1. The normalized spacial score (nSPS) is 12.9. The van der Waals surface area contributed by atoms with Gasteiger partial charge in [-0.15, -0.1) is 0 Å². The number of benzene rings is 3. The molecule has 3 rings (SSSR count). The lowest BCUT2D eigenvalue weighted by Crippen LogP contribution is -2.29. The average molecular weight is 465 g/mol. The number of fused-ring (bicyclic) bond motifs is 1. The summed E-state index contributed by atoms with van der Waals surface area (Å²) in [5.41, 5.74) is 2.81. The minimum absolute atomic E-state index is 0.0913. The number of carbonyl (C=O) groups excluding carboxylic acids is 2. The number of anilines is 1. The van der Waals surface area contributed by atoms with Crippen molar-refractivity contribution < 1.29 is 29.4 Å². The van der Waals surface area contributed by atoms with E-state index in [0.29, 0.717) is 30.7 Å². The van der Waals surface area contributed by atoms with Gasteiger partial charge < -0.3 is 14.6 Å². The van der Waals surface area contributed by atoms with Crippen molar-refractivity contribution in [2.24, 2.45) is 0 Å². The highest BCUT2D eigenvalue weighted by Gasteiger charge is 2.27. The Morgan fingerprint density at radius 3 is 2.50 bits per heavy atom. The van der Waals surface area contributed by atoms with Crippen LogP contribution in [0.2, 0.25) is 0 Å². The van der Waals surface area contributed by atoms with Crippen LogP contribution in [-0.2, 0) is 14.3 Å². The topological polar surface area (TPSA) is 117 Å².